The summed E-state index contributed by atoms with van der Waals surface area (Å²) in [4.78, 5) is 0. The predicted octanol–water partition coefficient (Wildman–Crippen LogP) is 2.16. The molecule has 0 unspecified atom stereocenters. The van der Waals surface area contributed by atoms with E-state index in [-0.39, 0.29) is 0 Å². The Kier molecular flexibility index (Phi) is 7.05. The van der Waals surface area contributed by atoms with Crippen LogP contribution in [0.25, 0.3) is 0 Å². The first kappa shape index (κ1) is 13.4. The standard InChI is InChI=1S/C12H18O3S/c1-13-12-4-2-11(3-5-12)10-15-7-6-14-8-9-16/h2-5,16H,6-10H2,1H3. The zero-order chi connectivity index (χ0) is 11.6. The minimum atomic E-state index is 0.605. The third kappa shape index (κ3) is 5.39. The second kappa shape index (κ2) is 8.44. The normalized spacial score (nSPS) is 10.4. The highest BCUT2D eigenvalue weighted by Crippen LogP contribution is 2.11. The maximum atomic E-state index is 5.45. The minimum Gasteiger partial charge on any atom is -0.497 e. The monoisotopic (exact) mass is 242 g/mol. The largest absolute Gasteiger partial charge is 0.497 e. The first-order valence-corrected chi connectivity index (χ1v) is 5.89. The summed E-state index contributed by atoms with van der Waals surface area (Å²) in [5, 5.41) is 0. The van der Waals surface area contributed by atoms with Crippen molar-refractivity contribution in [3.8, 4) is 5.75 Å². The first-order valence-electron chi connectivity index (χ1n) is 5.26. The fraction of sp³-hybridized carbons (Fsp3) is 0.500. The van der Waals surface area contributed by atoms with Crippen LogP contribution >= 0.6 is 12.6 Å². The number of benzene rings is 1. The van der Waals surface area contributed by atoms with Gasteiger partial charge in [0.2, 0.25) is 0 Å². The van der Waals surface area contributed by atoms with Crippen LogP contribution in [0.4, 0.5) is 0 Å². The lowest BCUT2D eigenvalue weighted by Crippen LogP contribution is -2.05. The van der Waals surface area contributed by atoms with Crippen LogP contribution in [0.5, 0.6) is 5.75 Å². The summed E-state index contributed by atoms with van der Waals surface area (Å²) in [6, 6.07) is 7.84. The highest BCUT2D eigenvalue weighted by Gasteiger charge is 1.94. The molecule has 16 heavy (non-hydrogen) atoms. The maximum absolute atomic E-state index is 5.45. The van der Waals surface area contributed by atoms with Gasteiger partial charge in [-0.15, -0.1) is 0 Å². The Morgan fingerprint density at radius 2 is 1.69 bits per heavy atom. The molecule has 0 spiro atoms. The van der Waals surface area contributed by atoms with Crippen LogP contribution in [0.1, 0.15) is 5.56 Å². The number of ether oxygens (including phenoxy) is 3. The van der Waals surface area contributed by atoms with E-state index in [4.69, 9.17) is 14.2 Å². The molecular weight excluding hydrogens is 224 g/mol. The van der Waals surface area contributed by atoms with Crippen LogP contribution in [-0.4, -0.2) is 32.7 Å². The van der Waals surface area contributed by atoms with Gasteiger partial charge in [-0.3, -0.25) is 0 Å². The van der Waals surface area contributed by atoms with Crippen molar-refractivity contribution in [1.29, 1.82) is 0 Å². The molecule has 1 aromatic rings. The summed E-state index contributed by atoms with van der Waals surface area (Å²) < 4.78 is 15.8. The van der Waals surface area contributed by atoms with Crippen molar-refractivity contribution < 1.29 is 14.2 Å². The smallest absolute Gasteiger partial charge is 0.118 e. The molecule has 0 fully saturated rings. The molecule has 0 aliphatic carbocycles. The van der Waals surface area contributed by atoms with E-state index >= 15 is 0 Å². The van der Waals surface area contributed by atoms with Gasteiger partial charge in [0, 0.05) is 5.75 Å². The fourth-order valence-electron chi connectivity index (χ4n) is 1.20. The average molecular weight is 242 g/mol. The van der Waals surface area contributed by atoms with Crippen molar-refractivity contribution in [2.24, 2.45) is 0 Å². The van der Waals surface area contributed by atoms with E-state index in [1.165, 1.54) is 0 Å². The Bertz CT molecular complexity index is 274. The van der Waals surface area contributed by atoms with E-state index in [1.54, 1.807) is 7.11 Å². The van der Waals surface area contributed by atoms with E-state index in [0.717, 1.165) is 17.1 Å². The van der Waals surface area contributed by atoms with Gasteiger partial charge in [-0.05, 0) is 17.7 Å². The lowest BCUT2D eigenvalue weighted by Gasteiger charge is -2.05. The Labute approximate surface area is 102 Å². The molecule has 3 nitrogen and oxygen atoms in total. The highest BCUT2D eigenvalue weighted by molar-refractivity contribution is 7.80. The SMILES string of the molecule is COc1ccc(COCCOCCS)cc1. The lowest BCUT2D eigenvalue weighted by atomic mass is 10.2. The molecule has 0 radical (unpaired) electrons. The van der Waals surface area contributed by atoms with Gasteiger partial charge in [-0.2, -0.15) is 12.6 Å². The predicted molar refractivity (Wildman–Crippen MR) is 67.3 cm³/mol. The van der Waals surface area contributed by atoms with Crippen LogP contribution < -0.4 is 4.74 Å². The van der Waals surface area contributed by atoms with E-state index < -0.39 is 0 Å². The molecule has 0 aliphatic rings. The van der Waals surface area contributed by atoms with E-state index in [9.17, 15) is 0 Å². The summed E-state index contributed by atoms with van der Waals surface area (Å²) in [6.45, 7) is 2.51. The molecule has 0 bridgehead atoms. The molecule has 0 N–H and O–H groups in total. The van der Waals surface area contributed by atoms with Crippen molar-refractivity contribution in [3.63, 3.8) is 0 Å². The van der Waals surface area contributed by atoms with E-state index in [2.05, 4.69) is 12.6 Å². The van der Waals surface area contributed by atoms with Crippen LogP contribution in [-0.2, 0) is 16.1 Å². The van der Waals surface area contributed by atoms with Gasteiger partial charge in [-0.1, -0.05) is 12.1 Å². The Morgan fingerprint density at radius 1 is 1.00 bits per heavy atom. The van der Waals surface area contributed by atoms with Crippen molar-refractivity contribution in [3.05, 3.63) is 29.8 Å². The maximum Gasteiger partial charge on any atom is 0.118 e. The second-order valence-electron chi connectivity index (χ2n) is 3.24. The number of hydrogen-bond donors (Lipinski definition) is 1. The van der Waals surface area contributed by atoms with Gasteiger partial charge < -0.3 is 14.2 Å². The van der Waals surface area contributed by atoms with Crippen LogP contribution in [0, 0.1) is 0 Å². The topological polar surface area (TPSA) is 27.7 Å². The van der Waals surface area contributed by atoms with Crippen molar-refractivity contribution in [2.75, 3.05) is 32.7 Å². The van der Waals surface area contributed by atoms with Crippen LogP contribution in [0.15, 0.2) is 24.3 Å². The molecule has 1 rings (SSSR count). The Balaban J connectivity index is 2.12. The molecule has 0 saturated heterocycles. The molecule has 1 aromatic carbocycles. The highest BCUT2D eigenvalue weighted by atomic mass is 32.1. The molecule has 4 heteroatoms. The average Bonchev–Trinajstić information content (AvgIpc) is 2.34. The first-order chi connectivity index (χ1) is 7.86. The lowest BCUT2D eigenvalue weighted by molar-refractivity contribution is 0.0462. The molecule has 0 aliphatic heterocycles. The van der Waals surface area contributed by atoms with E-state index in [0.29, 0.717) is 26.4 Å². The molecule has 0 saturated carbocycles. The van der Waals surface area contributed by atoms with Gasteiger partial charge >= 0.3 is 0 Å². The number of thiol groups is 1. The molecular formula is C12H18O3S. The molecule has 0 heterocycles. The van der Waals surface area contributed by atoms with Crippen molar-refractivity contribution >= 4 is 12.6 Å². The van der Waals surface area contributed by atoms with Gasteiger partial charge in [0.25, 0.3) is 0 Å². The Hall–Kier alpha value is -0.710. The van der Waals surface area contributed by atoms with Gasteiger partial charge in [-0.25, -0.2) is 0 Å². The summed E-state index contributed by atoms with van der Waals surface area (Å²) in [7, 11) is 1.66. The van der Waals surface area contributed by atoms with Gasteiger partial charge in [0.1, 0.15) is 5.75 Å². The zero-order valence-corrected chi connectivity index (χ0v) is 10.4. The number of rotatable bonds is 8. The number of hydrogen-bond acceptors (Lipinski definition) is 4. The second-order valence-corrected chi connectivity index (χ2v) is 3.68. The molecule has 90 valence electrons. The quantitative estimate of drug-likeness (QED) is 0.559. The van der Waals surface area contributed by atoms with Gasteiger partial charge in [0.05, 0.1) is 33.5 Å². The van der Waals surface area contributed by atoms with Crippen molar-refractivity contribution in [1.82, 2.24) is 0 Å². The molecule has 0 atom stereocenters. The summed E-state index contributed by atoms with van der Waals surface area (Å²) >= 11 is 4.04. The summed E-state index contributed by atoms with van der Waals surface area (Å²) in [5.74, 6) is 1.61. The summed E-state index contributed by atoms with van der Waals surface area (Å²) in [6.07, 6.45) is 0. The van der Waals surface area contributed by atoms with Gasteiger partial charge in [0.15, 0.2) is 0 Å². The third-order valence-corrected chi connectivity index (χ3v) is 2.22. The van der Waals surface area contributed by atoms with Crippen molar-refractivity contribution in [2.45, 2.75) is 6.61 Å². The van der Waals surface area contributed by atoms with E-state index in [1.807, 2.05) is 24.3 Å². The third-order valence-electron chi connectivity index (χ3n) is 2.04. The molecule has 0 amide bonds. The van der Waals surface area contributed by atoms with Crippen LogP contribution in [0.3, 0.4) is 0 Å². The number of methoxy groups -OCH3 is 1. The minimum absolute atomic E-state index is 0.605. The van der Waals surface area contributed by atoms with Crippen LogP contribution in [0.2, 0.25) is 0 Å². The molecule has 0 aromatic heterocycles. The summed E-state index contributed by atoms with van der Waals surface area (Å²) in [5.41, 5.74) is 1.13. The fourth-order valence-corrected chi connectivity index (χ4v) is 1.33. The zero-order valence-electron chi connectivity index (χ0n) is 9.52. The Morgan fingerprint density at radius 3 is 2.31 bits per heavy atom.